The van der Waals surface area contributed by atoms with Gasteiger partial charge in [0.1, 0.15) is 0 Å². The minimum absolute atomic E-state index is 0.239. The summed E-state index contributed by atoms with van der Waals surface area (Å²) in [5.74, 6) is 1.14. The number of hydrogen-bond donors (Lipinski definition) is 1. The molecule has 1 N–H and O–H groups in total. The van der Waals surface area contributed by atoms with Crippen LogP contribution in [-0.4, -0.2) is 24.8 Å². The van der Waals surface area contributed by atoms with Crippen LogP contribution in [0.1, 0.15) is 24.7 Å². The summed E-state index contributed by atoms with van der Waals surface area (Å²) in [6.07, 6.45) is 2.86. The van der Waals surface area contributed by atoms with Gasteiger partial charge in [0.15, 0.2) is 5.82 Å². The van der Waals surface area contributed by atoms with Crippen LogP contribution in [-0.2, 0) is 23.0 Å². The molecule has 0 spiro atoms. The van der Waals surface area contributed by atoms with Crippen molar-refractivity contribution in [1.82, 2.24) is 14.9 Å². The number of hydrogen-bond acceptors (Lipinski definition) is 5. The highest BCUT2D eigenvalue weighted by atomic mass is 32.2. The lowest BCUT2D eigenvalue weighted by molar-refractivity contribution is 0.422. The van der Waals surface area contributed by atoms with E-state index in [4.69, 9.17) is 4.52 Å². The molecule has 20 heavy (non-hydrogen) atoms. The number of nitrogens with one attached hydrogen (secondary N) is 1. The van der Waals surface area contributed by atoms with Gasteiger partial charge in [0.25, 0.3) is 5.89 Å². The van der Waals surface area contributed by atoms with Crippen molar-refractivity contribution >= 4 is 10.0 Å². The van der Waals surface area contributed by atoms with Crippen molar-refractivity contribution in [3.05, 3.63) is 35.7 Å². The quantitative estimate of drug-likeness (QED) is 0.877. The average molecular weight is 295 g/mol. The molecule has 2 aromatic rings. The van der Waals surface area contributed by atoms with Gasteiger partial charge in [-0.15, -0.1) is 0 Å². The molecule has 1 heterocycles. The molecule has 0 fully saturated rings. The van der Waals surface area contributed by atoms with Crippen LogP contribution in [0, 0.1) is 0 Å². The van der Waals surface area contributed by atoms with Crippen LogP contribution in [0.3, 0.4) is 0 Å². The number of aromatic nitrogens is 2. The lowest BCUT2D eigenvalue weighted by Crippen LogP contribution is -2.21. The van der Waals surface area contributed by atoms with Gasteiger partial charge in [-0.25, -0.2) is 13.1 Å². The third kappa shape index (κ3) is 4.14. The van der Waals surface area contributed by atoms with E-state index in [1.807, 2.05) is 31.2 Å². The lowest BCUT2D eigenvalue weighted by atomic mass is 10.1. The first-order chi connectivity index (χ1) is 9.48. The number of sulfonamides is 1. The predicted octanol–water partition coefficient (Wildman–Crippen LogP) is 1.74. The molecule has 7 heteroatoms. The standard InChI is InChI=1S/C13H17N3O3S/c1-3-5-12-15-13(19-16-12)11-7-4-6-10(8-11)9-14-20(2,17)18/h4,6-8,14H,3,5,9H2,1-2H3. The summed E-state index contributed by atoms with van der Waals surface area (Å²) in [6.45, 7) is 2.29. The maximum Gasteiger partial charge on any atom is 0.257 e. The molecule has 0 aliphatic carbocycles. The molecular weight excluding hydrogens is 278 g/mol. The third-order valence-electron chi connectivity index (χ3n) is 2.65. The normalized spacial score (nSPS) is 11.7. The van der Waals surface area contributed by atoms with Gasteiger partial charge in [0.2, 0.25) is 10.0 Å². The van der Waals surface area contributed by atoms with Gasteiger partial charge in [0.05, 0.1) is 6.26 Å². The van der Waals surface area contributed by atoms with Crippen LogP contribution in [0.25, 0.3) is 11.5 Å². The molecule has 0 aliphatic heterocycles. The fourth-order valence-electron chi connectivity index (χ4n) is 1.73. The smallest absolute Gasteiger partial charge is 0.257 e. The van der Waals surface area contributed by atoms with E-state index in [1.54, 1.807) is 0 Å². The summed E-state index contributed by atoms with van der Waals surface area (Å²) < 4.78 is 29.8. The van der Waals surface area contributed by atoms with Crippen LogP contribution in [0.15, 0.2) is 28.8 Å². The summed E-state index contributed by atoms with van der Waals surface area (Å²) in [4.78, 5) is 4.30. The molecule has 108 valence electrons. The van der Waals surface area contributed by atoms with Crippen molar-refractivity contribution in [2.45, 2.75) is 26.3 Å². The van der Waals surface area contributed by atoms with E-state index in [-0.39, 0.29) is 6.54 Å². The monoisotopic (exact) mass is 295 g/mol. The van der Waals surface area contributed by atoms with E-state index in [0.29, 0.717) is 11.7 Å². The highest BCUT2D eigenvalue weighted by Crippen LogP contribution is 2.19. The number of rotatable bonds is 6. The van der Waals surface area contributed by atoms with Crippen molar-refractivity contribution in [2.75, 3.05) is 6.26 Å². The van der Waals surface area contributed by atoms with Gasteiger partial charge in [0, 0.05) is 18.5 Å². The topological polar surface area (TPSA) is 85.1 Å². The van der Waals surface area contributed by atoms with Gasteiger partial charge in [-0.2, -0.15) is 4.98 Å². The zero-order valence-electron chi connectivity index (χ0n) is 11.5. The van der Waals surface area contributed by atoms with E-state index in [1.165, 1.54) is 0 Å². The maximum absolute atomic E-state index is 11.1. The van der Waals surface area contributed by atoms with Gasteiger partial charge in [-0.3, -0.25) is 0 Å². The molecule has 0 unspecified atom stereocenters. The molecule has 2 rings (SSSR count). The molecule has 6 nitrogen and oxygen atoms in total. The average Bonchev–Trinajstić information content (AvgIpc) is 2.85. The predicted molar refractivity (Wildman–Crippen MR) is 75.4 cm³/mol. The van der Waals surface area contributed by atoms with Gasteiger partial charge < -0.3 is 4.52 Å². The second kappa shape index (κ2) is 6.15. The van der Waals surface area contributed by atoms with E-state index in [0.717, 1.165) is 30.2 Å². The summed E-state index contributed by atoms with van der Waals surface area (Å²) >= 11 is 0. The van der Waals surface area contributed by atoms with Crippen LogP contribution in [0.4, 0.5) is 0 Å². The van der Waals surface area contributed by atoms with Crippen LogP contribution >= 0.6 is 0 Å². The van der Waals surface area contributed by atoms with Crippen molar-refractivity contribution in [1.29, 1.82) is 0 Å². The summed E-state index contributed by atoms with van der Waals surface area (Å²) in [6, 6.07) is 7.36. The molecule has 1 aromatic heterocycles. The van der Waals surface area contributed by atoms with Crippen LogP contribution < -0.4 is 4.72 Å². The van der Waals surface area contributed by atoms with E-state index in [9.17, 15) is 8.42 Å². The van der Waals surface area contributed by atoms with Gasteiger partial charge >= 0.3 is 0 Å². The fourth-order valence-corrected chi connectivity index (χ4v) is 2.15. The number of aryl methyl sites for hydroxylation is 1. The van der Waals surface area contributed by atoms with E-state index in [2.05, 4.69) is 14.9 Å². The first-order valence-corrected chi connectivity index (χ1v) is 8.23. The lowest BCUT2D eigenvalue weighted by Gasteiger charge is -2.03. The van der Waals surface area contributed by atoms with Gasteiger partial charge in [-0.1, -0.05) is 24.2 Å². The zero-order valence-corrected chi connectivity index (χ0v) is 12.3. The summed E-state index contributed by atoms with van der Waals surface area (Å²) in [5.41, 5.74) is 1.62. The molecule has 0 aliphatic rings. The molecule has 0 saturated heterocycles. The largest absolute Gasteiger partial charge is 0.334 e. The highest BCUT2D eigenvalue weighted by molar-refractivity contribution is 7.88. The molecule has 1 aromatic carbocycles. The second-order valence-corrected chi connectivity index (χ2v) is 6.39. The molecule has 0 amide bonds. The molecule has 0 saturated carbocycles. The molecular formula is C13H17N3O3S. The number of nitrogens with zero attached hydrogens (tertiary/aromatic N) is 2. The SMILES string of the molecule is CCCc1noc(-c2cccc(CNS(C)(=O)=O)c2)n1. The summed E-state index contributed by atoms with van der Waals surface area (Å²) in [5, 5.41) is 3.90. The van der Waals surface area contributed by atoms with Crippen LogP contribution in [0.5, 0.6) is 0 Å². The Hall–Kier alpha value is -1.73. The minimum atomic E-state index is -3.20. The Morgan fingerprint density at radius 1 is 1.35 bits per heavy atom. The first-order valence-electron chi connectivity index (χ1n) is 6.34. The Labute approximate surface area is 118 Å². The Kier molecular flexibility index (Phi) is 4.51. The summed E-state index contributed by atoms with van der Waals surface area (Å²) in [7, 11) is -3.20. The van der Waals surface area contributed by atoms with Gasteiger partial charge in [-0.05, 0) is 24.1 Å². The maximum atomic E-state index is 11.1. The van der Waals surface area contributed by atoms with Crippen molar-refractivity contribution in [3.8, 4) is 11.5 Å². The second-order valence-electron chi connectivity index (χ2n) is 4.56. The first kappa shape index (κ1) is 14.7. The zero-order chi connectivity index (χ0) is 14.6. The Bertz CT molecular complexity index is 680. The third-order valence-corrected chi connectivity index (χ3v) is 3.32. The Morgan fingerprint density at radius 3 is 2.85 bits per heavy atom. The highest BCUT2D eigenvalue weighted by Gasteiger charge is 2.09. The van der Waals surface area contributed by atoms with E-state index < -0.39 is 10.0 Å². The van der Waals surface area contributed by atoms with Crippen LogP contribution in [0.2, 0.25) is 0 Å². The fraction of sp³-hybridized carbons (Fsp3) is 0.385. The Morgan fingerprint density at radius 2 is 2.15 bits per heavy atom. The molecule has 0 radical (unpaired) electrons. The van der Waals surface area contributed by atoms with Crippen molar-refractivity contribution in [3.63, 3.8) is 0 Å². The van der Waals surface area contributed by atoms with Crippen molar-refractivity contribution in [2.24, 2.45) is 0 Å². The molecule has 0 bridgehead atoms. The van der Waals surface area contributed by atoms with Crippen molar-refractivity contribution < 1.29 is 12.9 Å². The van der Waals surface area contributed by atoms with E-state index >= 15 is 0 Å². The Balaban J connectivity index is 2.16. The number of benzene rings is 1. The minimum Gasteiger partial charge on any atom is -0.334 e. The molecule has 0 atom stereocenters.